The van der Waals surface area contributed by atoms with Crippen molar-refractivity contribution in [1.82, 2.24) is 9.97 Å². The van der Waals surface area contributed by atoms with Gasteiger partial charge in [-0.1, -0.05) is 41.0 Å². The molecule has 0 saturated carbocycles. The van der Waals surface area contributed by atoms with Crippen LogP contribution in [0.4, 0.5) is 5.82 Å². The lowest BCUT2D eigenvalue weighted by Crippen LogP contribution is -2.17. The van der Waals surface area contributed by atoms with E-state index in [0.29, 0.717) is 11.7 Å². The number of hydrogen-bond acceptors (Lipinski definition) is 4. The van der Waals surface area contributed by atoms with E-state index < -0.39 is 0 Å². The number of hydrogen-bond donors (Lipinski definition) is 1. The molecule has 0 fully saturated rings. The Hall–Kier alpha value is -0.770. The third-order valence-electron chi connectivity index (χ3n) is 2.61. The van der Waals surface area contributed by atoms with Crippen LogP contribution in [0.25, 0.3) is 0 Å². The molecule has 96 valence electrons. The van der Waals surface area contributed by atoms with Gasteiger partial charge in [0.2, 0.25) is 0 Å². The minimum Gasteiger partial charge on any atom is -0.384 e. The molecule has 1 atom stereocenters. The standard InChI is InChI=1S/C13H23N3S/c1-6-9(2)8-17-11-7-10(14)15-12(16-11)13(3,4)5/h7,9H,6,8H2,1-5H3,(H2,14,15,16). The SMILES string of the molecule is CCC(C)CSc1cc(N)nc(C(C)(C)C)n1. The summed E-state index contributed by atoms with van der Waals surface area (Å²) in [5.41, 5.74) is 5.78. The Morgan fingerprint density at radius 3 is 2.53 bits per heavy atom. The van der Waals surface area contributed by atoms with E-state index in [1.807, 2.05) is 6.07 Å². The number of nitrogens with zero attached hydrogens (tertiary/aromatic N) is 2. The molecule has 1 heterocycles. The first-order chi connectivity index (χ1) is 7.82. The summed E-state index contributed by atoms with van der Waals surface area (Å²) < 4.78 is 0. The molecular weight excluding hydrogens is 230 g/mol. The molecule has 0 bridgehead atoms. The maximum absolute atomic E-state index is 5.83. The highest BCUT2D eigenvalue weighted by Crippen LogP contribution is 2.25. The molecule has 0 aromatic carbocycles. The van der Waals surface area contributed by atoms with Gasteiger partial charge in [0.15, 0.2) is 0 Å². The van der Waals surface area contributed by atoms with Gasteiger partial charge in [-0.05, 0) is 5.92 Å². The number of anilines is 1. The van der Waals surface area contributed by atoms with E-state index in [2.05, 4.69) is 44.6 Å². The Morgan fingerprint density at radius 1 is 1.35 bits per heavy atom. The normalized spacial score (nSPS) is 13.7. The highest BCUT2D eigenvalue weighted by Gasteiger charge is 2.18. The molecule has 1 unspecified atom stereocenters. The average molecular weight is 253 g/mol. The monoisotopic (exact) mass is 253 g/mol. The second-order valence-electron chi connectivity index (χ2n) is 5.53. The Balaban J connectivity index is 2.83. The lowest BCUT2D eigenvalue weighted by Gasteiger charge is -2.17. The molecule has 4 heteroatoms. The van der Waals surface area contributed by atoms with E-state index in [9.17, 15) is 0 Å². The van der Waals surface area contributed by atoms with Crippen molar-refractivity contribution in [2.75, 3.05) is 11.5 Å². The number of nitrogen functional groups attached to an aromatic ring is 1. The van der Waals surface area contributed by atoms with Crippen molar-refractivity contribution in [1.29, 1.82) is 0 Å². The molecular formula is C13H23N3S. The van der Waals surface area contributed by atoms with Crippen LogP contribution in [0, 0.1) is 5.92 Å². The molecule has 17 heavy (non-hydrogen) atoms. The van der Waals surface area contributed by atoms with Crippen LogP contribution in [0.1, 0.15) is 46.9 Å². The Kier molecular flexibility index (Phi) is 4.80. The molecule has 2 N–H and O–H groups in total. The van der Waals surface area contributed by atoms with Gasteiger partial charge < -0.3 is 5.73 Å². The van der Waals surface area contributed by atoms with E-state index >= 15 is 0 Å². The summed E-state index contributed by atoms with van der Waals surface area (Å²) >= 11 is 1.77. The van der Waals surface area contributed by atoms with Gasteiger partial charge in [-0.15, -0.1) is 11.8 Å². The fraction of sp³-hybridized carbons (Fsp3) is 0.692. The van der Waals surface area contributed by atoms with E-state index in [4.69, 9.17) is 5.73 Å². The van der Waals surface area contributed by atoms with Crippen LogP contribution in [0.3, 0.4) is 0 Å². The number of thioether (sulfide) groups is 1. The fourth-order valence-electron chi connectivity index (χ4n) is 1.20. The average Bonchev–Trinajstić information content (AvgIpc) is 2.24. The predicted molar refractivity (Wildman–Crippen MR) is 75.3 cm³/mol. The van der Waals surface area contributed by atoms with E-state index in [-0.39, 0.29) is 5.41 Å². The predicted octanol–water partition coefficient (Wildman–Crippen LogP) is 3.49. The summed E-state index contributed by atoms with van der Waals surface area (Å²) in [6.45, 7) is 10.8. The maximum Gasteiger partial charge on any atom is 0.137 e. The van der Waals surface area contributed by atoms with Gasteiger partial charge in [0, 0.05) is 17.2 Å². The molecule has 0 radical (unpaired) electrons. The first-order valence-electron chi connectivity index (χ1n) is 6.10. The second kappa shape index (κ2) is 5.71. The molecule has 0 amide bonds. The molecule has 0 spiro atoms. The van der Waals surface area contributed by atoms with Gasteiger partial charge in [0.05, 0.1) is 0 Å². The lowest BCUT2D eigenvalue weighted by molar-refractivity contribution is 0.539. The van der Waals surface area contributed by atoms with Gasteiger partial charge in [-0.25, -0.2) is 9.97 Å². The highest BCUT2D eigenvalue weighted by molar-refractivity contribution is 7.99. The molecule has 3 nitrogen and oxygen atoms in total. The molecule has 0 aliphatic carbocycles. The number of nitrogens with two attached hydrogens (primary N) is 1. The third kappa shape index (κ3) is 4.54. The van der Waals surface area contributed by atoms with Crippen molar-refractivity contribution in [3.8, 4) is 0 Å². The van der Waals surface area contributed by atoms with E-state index in [1.165, 1.54) is 6.42 Å². The summed E-state index contributed by atoms with van der Waals surface area (Å²) in [5.74, 6) is 3.17. The minimum absolute atomic E-state index is 0.0545. The van der Waals surface area contributed by atoms with Gasteiger partial charge in [0.1, 0.15) is 16.7 Å². The zero-order valence-corrected chi connectivity index (χ0v) is 12.3. The summed E-state index contributed by atoms with van der Waals surface area (Å²) in [6.07, 6.45) is 1.19. The topological polar surface area (TPSA) is 51.8 Å². The van der Waals surface area contributed by atoms with Gasteiger partial charge in [-0.3, -0.25) is 0 Å². The van der Waals surface area contributed by atoms with Gasteiger partial charge in [-0.2, -0.15) is 0 Å². The van der Waals surface area contributed by atoms with Crippen LogP contribution in [0.15, 0.2) is 11.1 Å². The molecule has 0 aliphatic rings. The quantitative estimate of drug-likeness (QED) is 0.659. The molecule has 1 rings (SSSR count). The van der Waals surface area contributed by atoms with Gasteiger partial charge >= 0.3 is 0 Å². The van der Waals surface area contributed by atoms with Crippen molar-refractivity contribution in [2.24, 2.45) is 5.92 Å². The highest BCUT2D eigenvalue weighted by atomic mass is 32.2. The van der Waals surface area contributed by atoms with Crippen LogP contribution in [0.5, 0.6) is 0 Å². The van der Waals surface area contributed by atoms with Crippen molar-refractivity contribution < 1.29 is 0 Å². The third-order valence-corrected chi connectivity index (χ3v) is 3.85. The first-order valence-corrected chi connectivity index (χ1v) is 7.09. The first kappa shape index (κ1) is 14.3. The second-order valence-corrected chi connectivity index (χ2v) is 6.57. The van der Waals surface area contributed by atoms with Crippen LogP contribution in [-0.4, -0.2) is 15.7 Å². The van der Waals surface area contributed by atoms with E-state index in [0.717, 1.165) is 16.6 Å². The molecule has 0 aliphatic heterocycles. The summed E-state index contributed by atoms with van der Waals surface area (Å²) in [7, 11) is 0. The Morgan fingerprint density at radius 2 is 2.00 bits per heavy atom. The van der Waals surface area contributed by atoms with Gasteiger partial charge in [0.25, 0.3) is 0 Å². The minimum atomic E-state index is -0.0545. The smallest absolute Gasteiger partial charge is 0.137 e. The van der Waals surface area contributed by atoms with Crippen LogP contribution in [-0.2, 0) is 5.41 Å². The van der Waals surface area contributed by atoms with Crippen LogP contribution < -0.4 is 5.73 Å². The number of rotatable bonds is 4. The maximum atomic E-state index is 5.83. The van der Waals surface area contributed by atoms with E-state index in [1.54, 1.807) is 11.8 Å². The van der Waals surface area contributed by atoms with Crippen molar-refractivity contribution >= 4 is 17.6 Å². The van der Waals surface area contributed by atoms with Crippen molar-refractivity contribution in [2.45, 2.75) is 51.5 Å². The van der Waals surface area contributed by atoms with Crippen molar-refractivity contribution in [3.63, 3.8) is 0 Å². The summed E-state index contributed by atoms with van der Waals surface area (Å²) in [4.78, 5) is 8.89. The lowest BCUT2D eigenvalue weighted by atomic mass is 9.96. The summed E-state index contributed by atoms with van der Waals surface area (Å²) in [5, 5.41) is 0.989. The Bertz CT molecular complexity index is 371. The molecule has 1 aromatic rings. The zero-order chi connectivity index (χ0) is 13.1. The summed E-state index contributed by atoms with van der Waals surface area (Å²) in [6, 6.07) is 1.86. The Labute approximate surface area is 109 Å². The van der Waals surface area contributed by atoms with Crippen LogP contribution >= 0.6 is 11.8 Å². The van der Waals surface area contributed by atoms with Crippen molar-refractivity contribution in [3.05, 3.63) is 11.9 Å². The molecule has 0 saturated heterocycles. The number of aromatic nitrogens is 2. The van der Waals surface area contributed by atoms with Crippen LogP contribution in [0.2, 0.25) is 0 Å². The largest absolute Gasteiger partial charge is 0.384 e. The zero-order valence-electron chi connectivity index (χ0n) is 11.4. The molecule has 1 aromatic heterocycles. The fourth-order valence-corrected chi connectivity index (χ4v) is 2.24.